The average molecular weight is 437 g/mol. The van der Waals surface area contributed by atoms with Crippen molar-refractivity contribution < 1.29 is 32.2 Å². The highest BCUT2D eigenvalue weighted by Crippen LogP contribution is 2.33. The zero-order chi connectivity index (χ0) is 22.6. The van der Waals surface area contributed by atoms with E-state index in [1.165, 1.54) is 37.1 Å². The third kappa shape index (κ3) is 5.66. The number of urea groups is 1. The van der Waals surface area contributed by atoms with Gasteiger partial charge in [0.1, 0.15) is 13.2 Å². The molecule has 0 saturated heterocycles. The van der Waals surface area contributed by atoms with Gasteiger partial charge in [0.25, 0.3) is 0 Å². The van der Waals surface area contributed by atoms with Gasteiger partial charge < -0.3 is 14.8 Å². The number of likely N-dealkylation sites (N-methyl/N-ethyl adjacent to an activating group) is 1. The summed E-state index contributed by atoms with van der Waals surface area (Å²) in [6, 6.07) is 8.36. The summed E-state index contributed by atoms with van der Waals surface area (Å²) in [5.41, 5.74) is -0.321. The summed E-state index contributed by atoms with van der Waals surface area (Å²) in [6.45, 7) is 2.22. The maximum atomic E-state index is 13.2. The maximum Gasteiger partial charge on any atom is 0.416 e. The Balaban J connectivity index is 1.58. The number of halogens is 3. The molecule has 2 aromatic carbocycles. The molecule has 0 unspecified atom stereocenters. The van der Waals surface area contributed by atoms with Gasteiger partial charge in [0.15, 0.2) is 11.5 Å². The molecular weight excluding hydrogens is 415 g/mol. The largest absolute Gasteiger partial charge is 0.486 e. The highest BCUT2D eigenvalue weighted by Gasteiger charge is 2.33. The Morgan fingerprint density at radius 3 is 2.48 bits per heavy atom. The maximum absolute atomic E-state index is 13.2. The normalized spacial score (nSPS) is 14.1. The van der Waals surface area contributed by atoms with Gasteiger partial charge in [-0.05, 0) is 37.7 Å². The lowest BCUT2D eigenvalue weighted by Gasteiger charge is -2.25. The second-order valence-electron chi connectivity index (χ2n) is 7.05. The Morgan fingerprint density at radius 1 is 1.10 bits per heavy atom. The molecule has 0 bridgehead atoms. The number of carbonyl (C=O) groups is 2. The topological polar surface area (TPSA) is 79.9 Å². The monoisotopic (exact) mass is 437 g/mol. The van der Waals surface area contributed by atoms with E-state index < -0.39 is 29.7 Å². The lowest BCUT2D eigenvalue weighted by atomic mass is 10.1. The SMILES string of the molecule is C[C@H](C(=O)NC(=O)Nc1ccc2c(c1)OCCO2)N(C)Cc1ccccc1C(F)(F)F. The van der Waals surface area contributed by atoms with Gasteiger partial charge in [0, 0.05) is 18.3 Å². The van der Waals surface area contributed by atoms with E-state index in [9.17, 15) is 22.8 Å². The number of imide groups is 1. The molecule has 1 aliphatic rings. The number of benzene rings is 2. The molecule has 3 rings (SSSR count). The second-order valence-corrected chi connectivity index (χ2v) is 7.05. The molecule has 1 atom stereocenters. The molecule has 0 spiro atoms. The van der Waals surface area contributed by atoms with Gasteiger partial charge in [0.2, 0.25) is 5.91 Å². The minimum atomic E-state index is -4.49. The van der Waals surface area contributed by atoms with Crippen LogP contribution in [0.1, 0.15) is 18.1 Å². The van der Waals surface area contributed by atoms with E-state index in [4.69, 9.17) is 9.47 Å². The molecule has 0 saturated carbocycles. The zero-order valence-corrected chi connectivity index (χ0v) is 17.0. The molecule has 0 aromatic heterocycles. The van der Waals surface area contributed by atoms with Crippen molar-refractivity contribution in [2.45, 2.75) is 25.7 Å². The van der Waals surface area contributed by atoms with E-state index >= 15 is 0 Å². The molecule has 3 amide bonds. The fourth-order valence-corrected chi connectivity index (χ4v) is 3.04. The van der Waals surface area contributed by atoms with Crippen LogP contribution < -0.4 is 20.1 Å². The quantitative estimate of drug-likeness (QED) is 0.747. The summed E-state index contributed by atoms with van der Waals surface area (Å²) in [5, 5.41) is 4.72. The average Bonchev–Trinajstić information content (AvgIpc) is 2.72. The fraction of sp³-hybridized carbons (Fsp3) is 0.333. The van der Waals surface area contributed by atoms with Crippen LogP contribution in [-0.2, 0) is 17.5 Å². The number of fused-ring (bicyclic) bond motifs is 1. The highest BCUT2D eigenvalue weighted by molar-refractivity contribution is 6.02. The van der Waals surface area contributed by atoms with Gasteiger partial charge in [-0.3, -0.25) is 15.0 Å². The first-order valence-electron chi connectivity index (χ1n) is 9.52. The molecule has 10 heteroatoms. The Labute approximate surface area is 177 Å². The minimum Gasteiger partial charge on any atom is -0.486 e. The summed E-state index contributed by atoms with van der Waals surface area (Å²) in [6.07, 6.45) is -4.49. The lowest BCUT2D eigenvalue weighted by Crippen LogP contribution is -2.46. The minimum absolute atomic E-state index is 0.0397. The van der Waals surface area contributed by atoms with Crippen LogP contribution in [0.25, 0.3) is 0 Å². The Kier molecular flexibility index (Phi) is 6.69. The molecule has 7 nitrogen and oxygen atoms in total. The third-order valence-electron chi connectivity index (χ3n) is 4.82. The fourth-order valence-electron chi connectivity index (χ4n) is 3.04. The van der Waals surface area contributed by atoms with Crippen LogP contribution in [0.2, 0.25) is 0 Å². The zero-order valence-electron chi connectivity index (χ0n) is 17.0. The summed E-state index contributed by atoms with van der Waals surface area (Å²) in [7, 11) is 1.51. The first-order valence-corrected chi connectivity index (χ1v) is 9.52. The number of carbonyl (C=O) groups excluding carboxylic acids is 2. The standard InChI is InChI=1S/C21H22F3N3O4/c1-13(27(2)12-14-5-3-4-6-16(14)21(22,23)24)19(28)26-20(29)25-15-7-8-17-18(11-15)31-10-9-30-17/h3-8,11,13H,9-10,12H2,1-2H3,(H2,25,26,28,29)/t13-/m1/s1. The van der Waals surface area contributed by atoms with Gasteiger partial charge in [-0.15, -0.1) is 0 Å². The molecule has 0 aliphatic carbocycles. The second kappa shape index (κ2) is 9.25. The van der Waals surface area contributed by atoms with Gasteiger partial charge in [-0.25, -0.2) is 4.79 Å². The van der Waals surface area contributed by atoms with Crippen molar-refractivity contribution in [3.05, 3.63) is 53.6 Å². The van der Waals surface area contributed by atoms with E-state index in [-0.39, 0.29) is 12.1 Å². The van der Waals surface area contributed by atoms with E-state index in [2.05, 4.69) is 10.6 Å². The van der Waals surface area contributed by atoms with Crippen LogP contribution >= 0.6 is 0 Å². The summed E-state index contributed by atoms with van der Waals surface area (Å²) in [5.74, 6) is 0.386. The molecule has 2 N–H and O–H groups in total. The van der Waals surface area contributed by atoms with Gasteiger partial charge >= 0.3 is 12.2 Å². The van der Waals surface area contributed by atoms with Crippen molar-refractivity contribution in [2.24, 2.45) is 0 Å². The van der Waals surface area contributed by atoms with Crippen molar-refractivity contribution in [3.8, 4) is 11.5 Å². The molecule has 0 radical (unpaired) electrons. The van der Waals surface area contributed by atoms with Crippen LogP contribution in [0.15, 0.2) is 42.5 Å². The third-order valence-corrected chi connectivity index (χ3v) is 4.82. The van der Waals surface area contributed by atoms with Crippen LogP contribution in [0.4, 0.5) is 23.7 Å². The first kappa shape index (κ1) is 22.4. The number of ether oxygens (including phenoxy) is 2. The number of alkyl halides is 3. The van der Waals surface area contributed by atoms with Gasteiger partial charge in [0.05, 0.1) is 11.6 Å². The van der Waals surface area contributed by atoms with Crippen molar-refractivity contribution in [3.63, 3.8) is 0 Å². The van der Waals surface area contributed by atoms with Crippen molar-refractivity contribution in [1.82, 2.24) is 10.2 Å². The van der Waals surface area contributed by atoms with Crippen molar-refractivity contribution in [2.75, 3.05) is 25.6 Å². The number of hydrogen-bond acceptors (Lipinski definition) is 5. The van der Waals surface area contributed by atoms with Crippen LogP contribution in [0.3, 0.4) is 0 Å². The molecule has 166 valence electrons. The highest BCUT2D eigenvalue weighted by atomic mass is 19.4. The predicted octanol–water partition coefficient (Wildman–Crippen LogP) is 3.65. The Bertz CT molecular complexity index is 965. The first-order chi connectivity index (χ1) is 14.6. The van der Waals surface area contributed by atoms with Crippen LogP contribution in [-0.4, -0.2) is 43.1 Å². The predicted molar refractivity (Wildman–Crippen MR) is 107 cm³/mol. The van der Waals surface area contributed by atoms with Gasteiger partial charge in [-0.2, -0.15) is 13.2 Å². The number of anilines is 1. The van der Waals surface area contributed by atoms with E-state index in [1.54, 1.807) is 18.2 Å². The molecule has 31 heavy (non-hydrogen) atoms. The molecule has 0 fully saturated rings. The van der Waals surface area contributed by atoms with Crippen LogP contribution in [0.5, 0.6) is 11.5 Å². The smallest absolute Gasteiger partial charge is 0.416 e. The lowest BCUT2D eigenvalue weighted by molar-refractivity contribution is -0.138. The summed E-state index contributed by atoms with van der Waals surface area (Å²) >= 11 is 0. The Morgan fingerprint density at radius 2 is 1.77 bits per heavy atom. The van der Waals surface area contributed by atoms with E-state index in [0.29, 0.717) is 30.4 Å². The van der Waals surface area contributed by atoms with E-state index in [0.717, 1.165) is 6.07 Å². The number of nitrogens with zero attached hydrogens (tertiary/aromatic N) is 1. The molecule has 1 heterocycles. The molecule has 2 aromatic rings. The van der Waals surface area contributed by atoms with Crippen LogP contribution in [0, 0.1) is 0 Å². The van der Waals surface area contributed by atoms with E-state index in [1.807, 2.05) is 0 Å². The van der Waals surface area contributed by atoms with Crippen molar-refractivity contribution in [1.29, 1.82) is 0 Å². The van der Waals surface area contributed by atoms with Crippen molar-refractivity contribution >= 4 is 17.6 Å². The Hall–Kier alpha value is -3.27. The van der Waals surface area contributed by atoms with Gasteiger partial charge in [-0.1, -0.05) is 18.2 Å². The summed E-state index contributed by atoms with van der Waals surface area (Å²) < 4.78 is 50.4. The molecule has 1 aliphatic heterocycles. The number of rotatable bonds is 5. The number of nitrogens with one attached hydrogen (secondary N) is 2. The number of amides is 3. The summed E-state index contributed by atoms with van der Waals surface area (Å²) in [4.78, 5) is 26.0. The molecular formula is C21H22F3N3O4. The number of hydrogen-bond donors (Lipinski definition) is 2.